The molecular weight excluding hydrogens is 257 g/mol. The predicted molar refractivity (Wildman–Crippen MR) is 69.2 cm³/mol. The van der Waals surface area contributed by atoms with Crippen LogP contribution < -0.4 is 5.32 Å². The maximum absolute atomic E-state index is 11.8. The van der Waals surface area contributed by atoms with Gasteiger partial charge < -0.3 is 15.0 Å². The van der Waals surface area contributed by atoms with Crippen LogP contribution in [0.4, 0.5) is 13.2 Å². The molecule has 1 N–H and O–H groups in total. The number of piperidine rings is 1. The first-order valence-corrected chi connectivity index (χ1v) is 7.09. The lowest BCUT2D eigenvalue weighted by molar-refractivity contribution is -0.174. The number of hydrogen-bond donors (Lipinski definition) is 1. The highest BCUT2D eigenvalue weighted by Crippen LogP contribution is 2.17. The van der Waals surface area contributed by atoms with Gasteiger partial charge in [-0.05, 0) is 51.4 Å². The van der Waals surface area contributed by atoms with Crippen molar-refractivity contribution >= 4 is 0 Å². The topological polar surface area (TPSA) is 24.5 Å². The molecular formula is C13H25F3N2O. The number of rotatable bonds is 8. The number of nitrogens with zero attached hydrogens (tertiary/aromatic N) is 1. The van der Waals surface area contributed by atoms with Gasteiger partial charge in [0.15, 0.2) is 0 Å². The minimum absolute atomic E-state index is 0.191. The molecule has 0 atom stereocenters. The lowest BCUT2D eigenvalue weighted by Crippen LogP contribution is -2.38. The lowest BCUT2D eigenvalue weighted by atomic mass is 9.97. The van der Waals surface area contributed by atoms with Crippen LogP contribution >= 0.6 is 0 Å². The van der Waals surface area contributed by atoms with E-state index < -0.39 is 12.8 Å². The van der Waals surface area contributed by atoms with E-state index in [4.69, 9.17) is 0 Å². The summed E-state index contributed by atoms with van der Waals surface area (Å²) in [6, 6.07) is 0. The Morgan fingerprint density at radius 3 is 2.53 bits per heavy atom. The highest BCUT2D eigenvalue weighted by Gasteiger charge is 2.27. The number of likely N-dealkylation sites (tertiary alicyclic amines) is 1. The van der Waals surface area contributed by atoms with Gasteiger partial charge in [-0.2, -0.15) is 13.2 Å². The molecule has 1 heterocycles. The zero-order valence-electron chi connectivity index (χ0n) is 11.6. The minimum atomic E-state index is -4.20. The fraction of sp³-hybridized carbons (Fsp3) is 1.00. The first kappa shape index (κ1) is 16.7. The Kier molecular flexibility index (Phi) is 7.71. The van der Waals surface area contributed by atoms with Crippen molar-refractivity contribution in [2.45, 2.75) is 32.4 Å². The lowest BCUT2D eigenvalue weighted by Gasteiger charge is -2.32. The van der Waals surface area contributed by atoms with Crippen LogP contribution in [0.1, 0.15) is 26.2 Å². The zero-order valence-corrected chi connectivity index (χ0v) is 11.6. The molecule has 0 bridgehead atoms. The summed E-state index contributed by atoms with van der Waals surface area (Å²) in [5.74, 6) is 0.748. The maximum atomic E-state index is 11.8. The van der Waals surface area contributed by atoms with Gasteiger partial charge in [-0.3, -0.25) is 0 Å². The molecule has 0 aromatic rings. The average molecular weight is 282 g/mol. The van der Waals surface area contributed by atoms with Gasteiger partial charge in [0.1, 0.15) is 6.61 Å². The molecule has 0 saturated carbocycles. The summed E-state index contributed by atoms with van der Waals surface area (Å²) in [6.45, 7) is 6.21. The SMILES string of the molecule is CCNCC1CCN(CCCOCC(F)(F)F)CC1. The fourth-order valence-corrected chi connectivity index (χ4v) is 2.34. The molecule has 0 aliphatic carbocycles. The Bertz CT molecular complexity index is 228. The van der Waals surface area contributed by atoms with E-state index in [2.05, 4.69) is 21.9 Å². The van der Waals surface area contributed by atoms with Crippen LogP contribution in [-0.2, 0) is 4.74 Å². The summed E-state index contributed by atoms with van der Waals surface area (Å²) in [5, 5.41) is 3.36. The molecule has 0 aromatic heterocycles. The predicted octanol–water partition coefficient (Wildman–Crippen LogP) is 2.28. The molecule has 114 valence electrons. The third-order valence-corrected chi connectivity index (χ3v) is 3.42. The van der Waals surface area contributed by atoms with E-state index in [1.807, 2.05) is 0 Å². The Labute approximate surface area is 113 Å². The van der Waals surface area contributed by atoms with E-state index in [0.717, 1.165) is 38.6 Å². The summed E-state index contributed by atoms with van der Waals surface area (Å²) in [6.07, 6.45) is -1.18. The van der Waals surface area contributed by atoms with Crippen molar-refractivity contribution < 1.29 is 17.9 Å². The van der Waals surface area contributed by atoms with Gasteiger partial charge in [0.05, 0.1) is 0 Å². The van der Waals surface area contributed by atoms with Gasteiger partial charge in [-0.25, -0.2) is 0 Å². The van der Waals surface area contributed by atoms with Crippen molar-refractivity contribution in [3.05, 3.63) is 0 Å². The number of nitrogens with one attached hydrogen (secondary N) is 1. The van der Waals surface area contributed by atoms with Gasteiger partial charge in [0, 0.05) is 13.2 Å². The Balaban J connectivity index is 1.97. The molecule has 0 radical (unpaired) electrons. The molecule has 1 saturated heterocycles. The highest BCUT2D eigenvalue weighted by molar-refractivity contribution is 4.73. The van der Waals surface area contributed by atoms with Crippen molar-refractivity contribution in [1.82, 2.24) is 10.2 Å². The molecule has 6 heteroatoms. The quantitative estimate of drug-likeness (QED) is 0.691. The maximum Gasteiger partial charge on any atom is 0.411 e. The molecule has 19 heavy (non-hydrogen) atoms. The summed E-state index contributed by atoms with van der Waals surface area (Å²) in [5.41, 5.74) is 0. The van der Waals surface area contributed by atoms with Crippen LogP contribution in [-0.4, -0.2) is 57.0 Å². The Morgan fingerprint density at radius 2 is 1.95 bits per heavy atom. The molecule has 0 aromatic carbocycles. The van der Waals surface area contributed by atoms with Crippen molar-refractivity contribution in [1.29, 1.82) is 0 Å². The first-order valence-electron chi connectivity index (χ1n) is 7.09. The number of hydrogen-bond acceptors (Lipinski definition) is 3. The molecule has 0 unspecified atom stereocenters. The number of alkyl halides is 3. The second-order valence-corrected chi connectivity index (χ2v) is 5.11. The van der Waals surface area contributed by atoms with E-state index >= 15 is 0 Å². The van der Waals surface area contributed by atoms with E-state index in [0.29, 0.717) is 6.42 Å². The second-order valence-electron chi connectivity index (χ2n) is 5.11. The smallest absolute Gasteiger partial charge is 0.372 e. The first-order chi connectivity index (χ1) is 9.01. The van der Waals surface area contributed by atoms with Gasteiger partial charge in [-0.1, -0.05) is 6.92 Å². The van der Waals surface area contributed by atoms with Crippen LogP contribution in [0.25, 0.3) is 0 Å². The van der Waals surface area contributed by atoms with Gasteiger partial charge >= 0.3 is 6.18 Å². The second kappa shape index (κ2) is 8.76. The molecule has 1 aliphatic rings. The van der Waals surface area contributed by atoms with Gasteiger partial charge in [0.25, 0.3) is 0 Å². The van der Waals surface area contributed by atoms with E-state index in [9.17, 15) is 13.2 Å². The van der Waals surface area contributed by atoms with Crippen molar-refractivity contribution in [3.63, 3.8) is 0 Å². The molecule has 1 aliphatic heterocycles. The monoisotopic (exact) mass is 282 g/mol. The van der Waals surface area contributed by atoms with Crippen molar-refractivity contribution in [2.24, 2.45) is 5.92 Å². The fourth-order valence-electron chi connectivity index (χ4n) is 2.34. The zero-order chi connectivity index (χ0) is 14.1. The van der Waals surface area contributed by atoms with Crippen LogP contribution in [0.5, 0.6) is 0 Å². The van der Waals surface area contributed by atoms with Crippen LogP contribution in [0.2, 0.25) is 0 Å². The van der Waals surface area contributed by atoms with Crippen molar-refractivity contribution in [3.8, 4) is 0 Å². The van der Waals surface area contributed by atoms with Crippen LogP contribution in [0, 0.1) is 5.92 Å². The molecule has 0 amide bonds. The molecule has 0 spiro atoms. The third-order valence-electron chi connectivity index (χ3n) is 3.42. The molecule has 3 nitrogen and oxygen atoms in total. The minimum Gasteiger partial charge on any atom is -0.372 e. The Morgan fingerprint density at radius 1 is 1.26 bits per heavy atom. The molecule has 1 rings (SSSR count). The largest absolute Gasteiger partial charge is 0.411 e. The summed E-state index contributed by atoms with van der Waals surface area (Å²) < 4.78 is 40.1. The van der Waals surface area contributed by atoms with Crippen LogP contribution in [0.15, 0.2) is 0 Å². The van der Waals surface area contributed by atoms with Gasteiger partial charge in [0.2, 0.25) is 0 Å². The van der Waals surface area contributed by atoms with E-state index in [1.54, 1.807) is 0 Å². The summed E-state index contributed by atoms with van der Waals surface area (Å²) >= 11 is 0. The average Bonchev–Trinajstić information content (AvgIpc) is 2.36. The Hall–Kier alpha value is -0.330. The number of halogens is 3. The highest BCUT2D eigenvalue weighted by atomic mass is 19.4. The van der Waals surface area contributed by atoms with Crippen LogP contribution in [0.3, 0.4) is 0 Å². The molecule has 1 fully saturated rings. The summed E-state index contributed by atoms with van der Waals surface area (Å²) in [7, 11) is 0. The third kappa shape index (κ3) is 8.44. The van der Waals surface area contributed by atoms with Crippen molar-refractivity contribution in [2.75, 3.05) is 45.9 Å². The number of ether oxygens (including phenoxy) is 1. The normalized spacial score (nSPS) is 18.9. The van der Waals surface area contributed by atoms with E-state index in [-0.39, 0.29) is 6.61 Å². The standard InChI is InChI=1S/C13H25F3N2O/c1-2-17-10-12-4-7-18(8-5-12)6-3-9-19-11-13(14,15)16/h12,17H,2-11H2,1H3. The summed E-state index contributed by atoms with van der Waals surface area (Å²) in [4.78, 5) is 2.32. The van der Waals surface area contributed by atoms with Gasteiger partial charge in [-0.15, -0.1) is 0 Å². The van der Waals surface area contributed by atoms with E-state index in [1.165, 1.54) is 12.8 Å².